The summed E-state index contributed by atoms with van der Waals surface area (Å²) in [6.45, 7) is 7.41. The Hall–Kier alpha value is -4.19. The molecule has 9 nitrogen and oxygen atoms in total. The van der Waals surface area contributed by atoms with E-state index in [-0.39, 0.29) is 45.8 Å². The first-order valence-corrected chi connectivity index (χ1v) is 16.4. The fourth-order valence-corrected chi connectivity index (χ4v) is 7.08. The SMILES string of the molecule is CCOC(=O)C1=C(C)N=c2sc(=Cc3cc(Cl)c(OS(=O)(=O)c4ccc(C)cc4)c(OCC)c3)c(=O)n2C1c1ccccc1. The highest BCUT2D eigenvalue weighted by atomic mass is 35.5. The Bertz CT molecular complexity index is 2050. The van der Waals surface area contributed by atoms with Crippen LogP contribution in [0.15, 0.2) is 92.7 Å². The van der Waals surface area contributed by atoms with Gasteiger partial charge in [0.2, 0.25) is 5.75 Å². The first-order chi connectivity index (χ1) is 21.0. The number of hydrogen-bond donors (Lipinski definition) is 0. The van der Waals surface area contributed by atoms with Gasteiger partial charge in [-0.3, -0.25) is 9.36 Å². The Labute approximate surface area is 263 Å². The molecule has 228 valence electrons. The van der Waals surface area contributed by atoms with Gasteiger partial charge in [-0.25, -0.2) is 9.79 Å². The second kappa shape index (κ2) is 12.8. The lowest BCUT2D eigenvalue weighted by molar-refractivity contribution is -0.139. The molecular formula is C32H29ClN2O7S2. The highest BCUT2D eigenvalue weighted by molar-refractivity contribution is 7.87. The Morgan fingerprint density at radius 3 is 2.41 bits per heavy atom. The Balaban J connectivity index is 1.61. The van der Waals surface area contributed by atoms with E-state index >= 15 is 0 Å². The molecule has 0 radical (unpaired) electrons. The lowest BCUT2D eigenvalue weighted by Gasteiger charge is -2.24. The molecule has 0 fully saturated rings. The van der Waals surface area contributed by atoms with Gasteiger partial charge < -0.3 is 13.7 Å². The van der Waals surface area contributed by atoms with E-state index < -0.39 is 22.1 Å². The van der Waals surface area contributed by atoms with E-state index in [1.165, 1.54) is 22.8 Å². The minimum absolute atomic E-state index is 0.0201. The lowest BCUT2D eigenvalue weighted by Crippen LogP contribution is -2.39. The van der Waals surface area contributed by atoms with E-state index in [0.29, 0.717) is 20.6 Å². The maximum Gasteiger partial charge on any atom is 0.339 e. The number of ether oxygens (including phenoxy) is 2. The van der Waals surface area contributed by atoms with Gasteiger partial charge in [-0.05, 0) is 69.2 Å². The lowest BCUT2D eigenvalue weighted by atomic mass is 9.96. The number of nitrogens with zero attached hydrogens (tertiary/aromatic N) is 2. The van der Waals surface area contributed by atoms with Crippen LogP contribution in [0.5, 0.6) is 11.5 Å². The van der Waals surface area contributed by atoms with Crippen molar-refractivity contribution in [1.82, 2.24) is 4.57 Å². The van der Waals surface area contributed by atoms with Crippen molar-refractivity contribution in [2.75, 3.05) is 13.2 Å². The molecule has 2 heterocycles. The van der Waals surface area contributed by atoms with E-state index in [1.807, 2.05) is 37.3 Å². The summed E-state index contributed by atoms with van der Waals surface area (Å²) in [4.78, 5) is 31.9. The Kier molecular flexibility index (Phi) is 9.10. The van der Waals surface area contributed by atoms with Crippen LogP contribution in [0.25, 0.3) is 6.08 Å². The number of aryl methyl sites for hydroxylation is 1. The summed E-state index contributed by atoms with van der Waals surface area (Å²) in [5.41, 5.74) is 2.48. The molecule has 0 bridgehead atoms. The van der Waals surface area contributed by atoms with Crippen molar-refractivity contribution in [3.63, 3.8) is 0 Å². The number of fused-ring (bicyclic) bond motifs is 1. The molecule has 1 aliphatic heterocycles. The second-order valence-electron chi connectivity index (χ2n) is 9.83. The molecule has 0 spiro atoms. The molecule has 44 heavy (non-hydrogen) atoms. The van der Waals surface area contributed by atoms with Crippen molar-refractivity contribution in [2.24, 2.45) is 4.99 Å². The predicted molar refractivity (Wildman–Crippen MR) is 168 cm³/mol. The number of thiazole rings is 1. The quantitative estimate of drug-likeness (QED) is 0.186. The van der Waals surface area contributed by atoms with E-state index in [1.54, 1.807) is 45.0 Å². The number of allylic oxidation sites excluding steroid dienone is 1. The van der Waals surface area contributed by atoms with Crippen LogP contribution >= 0.6 is 22.9 Å². The van der Waals surface area contributed by atoms with Gasteiger partial charge in [-0.15, -0.1) is 0 Å². The molecule has 0 saturated carbocycles. The minimum atomic E-state index is -4.21. The van der Waals surface area contributed by atoms with E-state index in [4.69, 9.17) is 25.3 Å². The first kappa shape index (κ1) is 31.2. The van der Waals surface area contributed by atoms with E-state index in [2.05, 4.69) is 4.99 Å². The van der Waals surface area contributed by atoms with Gasteiger partial charge in [-0.2, -0.15) is 8.42 Å². The predicted octanol–water partition coefficient (Wildman–Crippen LogP) is 4.93. The molecular weight excluding hydrogens is 624 g/mol. The highest BCUT2D eigenvalue weighted by Crippen LogP contribution is 2.39. The number of aromatic nitrogens is 1. The second-order valence-corrected chi connectivity index (χ2v) is 12.8. The zero-order valence-corrected chi connectivity index (χ0v) is 26.8. The number of hydrogen-bond acceptors (Lipinski definition) is 9. The molecule has 0 N–H and O–H groups in total. The number of rotatable bonds is 9. The van der Waals surface area contributed by atoms with E-state index in [9.17, 15) is 18.0 Å². The molecule has 12 heteroatoms. The van der Waals surface area contributed by atoms with Crippen LogP contribution in [0.3, 0.4) is 0 Å². The first-order valence-electron chi connectivity index (χ1n) is 13.8. The van der Waals surface area contributed by atoms with Crippen molar-refractivity contribution < 1.29 is 26.9 Å². The van der Waals surface area contributed by atoms with Gasteiger partial charge in [0.25, 0.3) is 5.56 Å². The van der Waals surface area contributed by atoms with Crippen LogP contribution in [0.4, 0.5) is 0 Å². The molecule has 3 aromatic carbocycles. The number of carbonyl (C=O) groups is 1. The molecule has 1 aliphatic rings. The molecule has 0 saturated heterocycles. The Morgan fingerprint density at radius 1 is 1.05 bits per heavy atom. The third-order valence-electron chi connectivity index (χ3n) is 6.76. The molecule has 1 unspecified atom stereocenters. The topological polar surface area (TPSA) is 113 Å². The van der Waals surface area contributed by atoms with Crippen molar-refractivity contribution >= 4 is 45.1 Å². The Morgan fingerprint density at radius 2 is 1.75 bits per heavy atom. The number of halogens is 1. The van der Waals surface area contributed by atoms with Gasteiger partial charge in [0.15, 0.2) is 10.6 Å². The van der Waals surface area contributed by atoms with Crippen LogP contribution in [0, 0.1) is 6.92 Å². The number of esters is 1. The van der Waals surface area contributed by atoms with E-state index in [0.717, 1.165) is 22.5 Å². The average Bonchev–Trinajstić information content (AvgIpc) is 3.28. The van der Waals surface area contributed by atoms with Gasteiger partial charge in [0.1, 0.15) is 4.90 Å². The summed E-state index contributed by atoms with van der Waals surface area (Å²) in [6, 6.07) is 17.8. The van der Waals surface area contributed by atoms with Crippen molar-refractivity contribution in [3.05, 3.63) is 119 Å². The maximum atomic E-state index is 13.9. The molecule has 0 amide bonds. The molecule has 1 aromatic heterocycles. The largest absolute Gasteiger partial charge is 0.490 e. The number of carbonyl (C=O) groups excluding carboxylic acids is 1. The molecule has 0 aliphatic carbocycles. The molecule has 1 atom stereocenters. The van der Waals surface area contributed by atoms with Crippen molar-refractivity contribution in [1.29, 1.82) is 0 Å². The van der Waals surface area contributed by atoms with Crippen LogP contribution in [-0.2, 0) is 19.6 Å². The third kappa shape index (κ3) is 6.21. The normalized spacial score (nSPS) is 15.0. The van der Waals surface area contributed by atoms with Crippen molar-refractivity contribution in [2.45, 2.75) is 38.6 Å². The monoisotopic (exact) mass is 652 g/mol. The molecule has 5 rings (SSSR count). The fraction of sp³-hybridized carbons (Fsp3) is 0.219. The van der Waals surface area contributed by atoms with Gasteiger partial charge in [0, 0.05) is 0 Å². The number of benzene rings is 3. The van der Waals surface area contributed by atoms with Crippen LogP contribution in [0.1, 0.15) is 43.5 Å². The van der Waals surface area contributed by atoms with Crippen molar-refractivity contribution in [3.8, 4) is 11.5 Å². The summed E-state index contributed by atoms with van der Waals surface area (Å²) in [6.07, 6.45) is 1.61. The summed E-state index contributed by atoms with van der Waals surface area (Å²) in [5, 5.41) is -0.0201. The average molecular weight is 653 g/mol. The van der Waals surface area contributed by atoms with Gasteiger partial charge >= 0.3 is 16.1 Å². The van der Waals surface area contributed by atoms with Gasteiger partial charge in [-0.1, -0.05) is 71.0 Å². The summed E-state index contributed by atoms with van der Waals surface area (Å²) < 4.78 is 44.3. The fourth-order valence-electron chi connectivity index (χ4n) is 4.77. The maximum absolute atomic E-state index is 13.9. The third-order valence-corrected chi connectivity index (χ3v) is 9.26. The van der Waals surface area contributed by atoms with Gasteiger partial charge in [0.05, 0.1) is 40.1 Å². The zero-order valence-electron chi connectivity index (χ0n) is 24.4. The highest BCUT2D eigenvalue weighted by Gasteiger charge is 2.33. The van der Waals surface area contributed by atoms with Crippen LogP contribution in [0.2, 0.25) is 5.02 Å². The summed E-state index contributed by atoms with van der Waals surface area (Å²) >= 11 is 7.71. The van der Waals surface area contributed by atoms with Crippen LogP contribution in [-0.4, -0.2) is 32.2 Å². The minimum Gasteiger partial charge on any atom is -0.490 e. The standard InChI is InChI=1S/C32H29ClN2O7S2/c1-5-40-25-17-21(16-24(33)29(25)42-44(38,39)23-14-12-19(3)13-15-23)18-26-30(36)35-28(22-10-8-7-9-11-22)27(31(37)41-6-2)20(4)34-32(35)43-26/h7-18,28H,5-6H2,1-4H3. The zero-order chi connectivity index (χ0) is 31.6. The smallest absolute Gasteiger partial charge is 0.339 e. The van der Waals surface area contributed by atoms with Crippen LogP contribution < -0.4 is 23.8 Å². The molecule has 4 aromatic rings. The summed E-state index contributed by atoms with van der Waals surface area (Å²) in [7, 11) is -4.21. The summed E-state index contributed by atoms with van der Waals surface area (Å²) in [5.74, 6) is -0.606.